The number of aromatic nitrogens is 1. The first-order chi connectivity index (χ1) is 17.0. The van der Waals surface area contributed by atoms with Gasteiger partial charge in [-0.2, -0.15) is 0 Å². The fourth-order valence-electron chi connectivity index (χ4n) is 5.80. The molecule has 0 amide bonds. The van der Waals surface area contributed by atoms with Gasteiger partial charge in [-0.25, -0.2) is 0 Å². The molecule has 0 atom stereocenters. The lowest BCUT2D eigenvalue weighted by Gasteiger charge is -2.39. The van der Waals surface area contributed by atoms with Gasteiger partial charge in [-0.3, -0.25) is 9.18 Å². The Balaban J connectivity index is 1.49. The van der Waals surface area contributed by atoms with Crippen LogP contribution in [0.1, 0.15) is 52.6 Å². The van der Waals surface area contributed by atoms with Crippen LogP contribution < -0.4 is 5.56 Å². The van der Waals surface area contributed by atoms with E-state index >= 15 is 0 Å². The summed E-state index contributed by atoms with van der Waals surface area (Å²) in [7, 11) is 1.84. The molecule has 5 rings (SSSR count). The van der Waals surface area contributed by atoms with Gasteiger partial charge >= 0.3 is 0 Å². The number of alkyl halides is 1. The highest BCUT2D eigenvalue weighted by atomic mass is 19.1. The number of aryl methyl sites for hydroxylation is 3. The molecule has 0 unspecified atom stereocenters. The van der Waals surface area contributed by atoms with Gasteiger partial charge in [0.15, 0.2) is 0 Å². The molecule has 0 N–H and O–H groups in total. The van der Waals surface area contributed by atoms with Crippen molar-refractivity contribution >= 4 is 11.1 Å². The van der Waals surface area contributed by atoms with Crippen molar-refractivity contribution in [2.75, 3.05) is 26.3 Å². The number of halogens is 1. The zero-order valence-corrected chi connectivity index (χ0v) is 20.9. The molecule has 1 aromatic heterocycles. The van der Waals surface area contributed by atoms with E-state index in [-0.39, 0.29) is 12.2 Å². The van der Waals surface area contributed by atoms with E-state index in [1.54, 1.807) is 4.57 Å². The molecule has 0 bridgehead atoms. The molecule has 3 aromatic rings. The number of hydrogen-bond acceptors (Lipinski definition) is 2. The van der Waals surface area contributed by atoms with Crippen molar-refractivity contribution in [3.8, 4) is 0 Å². The molecule has 2 aliphatic rings. The molecule has 0 saturated carbocycles. The first-order valence-corrected chi connectivity index (χ1v) is 12.9. The molecule has 182 valence electrons. The second kappa shape index (κ2) is 10.3. The van der Waals surface area contributed by atoms with E-state index in [9.17, 15) is 9.18 Å². The Morgan fingerprint density at radius 2 is 1.77 bits per heavy atom. The molecule has 0 spiro atoms. The summed E-state index contributed by atoms with van der Waals surface area (Å²) in [5.74, 6) is 0.669. The summed E-state index contributed by atoms with van der Waals surface area (Å²) in [6, 6.07) is 20.0. The van der Waals surface area contributed by atoms with Gasteiger partial charge in [0, 0.05) is 38.4 Å². The van der Waals surface area contributed by atoms with Crippen molar-refractivity contribution in [3.63, 3.8) is 0 Å². The van der Waals surface area contributed by atoms with Crippen molar-refractivity contribution in [2.24, 2.45) is 13.0 Å². The molecule has 4 heteroatoms. The van der Waals surface area contributed by atoms with Crippen molar-refractivity contribution in [1.29, 1.82) is 0 Å². The predicted molar refractivity (Wildman–Crippen MR) is 142 cm³/mol. The molecule has 1 fully saturated rings. The molecule has 2 heterocycles. The summed E-state index contributed by atoms with van der Waals surface area (Å²) < 4.78 is 14.1. The first-order valence-electron chi connectivity index (χ1n) is 12.9. The van der Waals surface area contributed by atoms with Crippen molar-refractivity contribution in [1.82, 2.24) is 9.47 Å². The van der Waals surface area contributed by atoms with Crippen LogP contribution in [0.4, 0.5) is 4.39 Å². The van der Waals surface area contributed by atoms with Gasteiger partial charge in [0.2, 0.25) is 0 Å². The van der Waals surface area contributed by atoms with Crippen LogP contribution in [-0.2, 0) is 19.9 Å². The highest BCUT2D eigenvalue weighted by Gasteiger charge is 2.26. The lowest BCUT2D eigenvalue weighted by molar-refractivity contribution is 0.0968. The fourth-order valence-corrected chi connectivity index (χ4v) is 5.80. The molecule has 1 aliphatic heterocycles. The number of hydrogen-bond donors (Lipinski definition) is 0. The van der Waals surface area contributed by atoms with Gasteiger partial charge in [0.1, 0.15) is 0 Å². The lowest BCUT2D eigenvalue weighted by Crippen LogP contribution is -2.47. The summed E-state index contributed by atoms with van der Waals surface area (Å²) in [4.78, 5) is 14.7. The van der Waals surface area contributed by atoms with Crippen molar-refractivity contribution in [3.05, 3.63) is 105 Å². The van der Waals surface area contributed by atoms with Crippen LogP contribution in [0.15, 0.2) is 65.6 Å². The van der Waals surface area contributed by atoms with Gasteiger partial charge < -0.3 is 9.47 Å². The van der Waals surface area contributed by atoms with Crippen molar-refractivity contribution < 1.29 is 4.39 Å². The second-order valence-electron chi connectivity index (χ2n) is 10.3. The van der Waals surface area contributed by atoms with E-state index in [1.165, 1.54) is 33.4 Å². The summed E-state index contributed by atoms with van der Waals surface area (Å²) >= 11 is 0. The van der Waals surface area contributed by atoms with E-state index in [0.717, 1.165) is 56.4 Å². The van der Waals surface area contributed by atoms with Crippen LogP contribution in [0, 0.1) is 12.8 Å². The Hall–Kier alpha value is -2.98. The number of rotatable bonds is 7. The number of benzene rings is 2. The van der Waals surface area contributed by atoms with Crippen LogP contribution in [0.3, 0.4) is 0 Å². The number of likely N-dealkylation sites (tertiary alicyclic amines) is 1. The SMILES string of the molecule is Cc1cc(C2=C(c3ccc(CC4CN(CCCF)C4)cc3)c3ccccc3CCC2)cn(C)c1=O. The molecule has 3 nitrogen and oxygen atoms in total. The fraction of sp³-hybridized carbons (Fsp3) is 0.387. The summed E-state index contributed by atoms with van der Waals surface area (Å²) in [5, 5.41) is 0. The number of nitrogens with zero attached hydrogens (tertiary/aromatic N) is 2. The Morgan fingerprint density at radius 3 is 2.51 bits per heavy atom. The van der Waals surface area contributed by atoms with Crippen LogP contribution >= 0.6 is 0 Å². The number of pyridine rings is 1. The van der Waals surface area contributed by atoms with Crippen LogP contribution in [0.2, 0.25) is 0 Å². The standard InChI is InChI=1S/C31H35FN2O/c1-22-17-27(21-33(2)31(22)35)29-10-5-8-25-7-3-4-9-28(25)30(29)26-13-11-23(12-14-26)18-24-19-34(20-24)16-6-15-32/h3-4,7,9,11-14,17,21,24H,5-6,8,10,15-16,18-20H2,1-2H3. The molecule has 1 saturated heterocycles. The minimum Gasteiger partial charge on any atom is -0.318 e. The third-order valence-electron chi connectivity index (χ3n) is 7.58. The van der Waals surface area contributed by atoms with Gasteiger partial charge in [0.05, 0.1) is 6.67 Å². The Bertz CT molecular complexity index is 1260. The van der Waals surface area contributed by atoms with Gasteiger partial charge in [-0.1, -0.05) is 48.5 Å². The predicted octanol–water partition coefficient (Wildman–Crippen LogP) is 5.82. The van der Waals surface area contributed by atoms with E-state index in [4.69, 9.17) is 0 Å². The average Bonchev–Trinajstić information content (AvgIpc) is 3.04. The topological polar surface area (TPSA) is 25.2 Å². The number of fused-ring (bicyclic) bond motifs is 1. The van der Waals surface area contributed by atoms with Gasteiger partial charge in [0.25, 0.3) is 5.56 Å². The molecule has 35 heavy (non-hydrogen) atoms. The molecule has 1 aliphatic carbocycles. The third kappa shape index (κ3) is 5.04. The summed E-state index contributed by atoms with van der Waals surface area (Å²) in [5.41, 5.74) is 9.91. The van der Waals surface area contributed by atoms with E-state index in [1.807, 2.05) is 20.2 Å². The molecular formula is C31H35FN2O. The molecule has 0 radical (unpaired) electrons. The number of allylic oxidation sites excluding steroid dienone is 1. The zero-order chi connectivity index (χ0) is 24.4. The van der Waals surface area contributed by atoms with Crippen LogP contribution in [0.5, 0.6) is 0 Å². The Morgan fingerprint density at radius 1 is 1.00 bits per heavy atom. The maximum atomic E-state index is 12.4. The minimum atomic E-state index is -0.220. The highest BCUT2D eigenvalue weighted by molar-refractivity contribution is 5.99. The van der Waals surface area contributed by atoms with E-state index in [2.05, 4.69) is 59.5 Å². The maximum Gasteiger partial charge on any atom is 0.253 e. The third-order valence-corrected chi connectivity index (χ3v) is 7.58. The second-order valence-corrected chi connectivity index (χ2v) is 10.3. The monoisotopic (exact) mass is 470 g/mol. The van der Waals surface area contributed by atoms with E-state index in [0.29, 0.717) is 12.3 Å². The van der Waals surface area contributed by atoms with E-state index < -0.39 is 0 Å². The zero-order valence-electron chi connectivity index (χ0n) is 20.9. The average molecular weight is 471 g/mol. The van der Waals surface area contributed by atoms with Crippen LogP contribution in [0.25, 0.3) is 11.1 Å². The van der Waals surface area contributed by atoms with Crippen molar-refractivity contribution in [2.45, 2.75) is 39.0 Å². The highest BCUT2D eigenvalue weighted by Crippen LogP contribution is 2.39. The summed E-state index contributed by atoms with van der Waals surface area (Å²) in [6.45, 7) is 4.73. The van der Waals surface area contributed by atoms with Crippen LogP contribution in [-0.4, -0.2) is 35.8 Å². The first kappa shape index (κ1) is 23.7. The molecular weight excluding hydrogens is 435 g/mol. The largest absolute Gasteiger partial charge is 0.318 e. The Kier molecular flexibility index (Phi) is 7.01. The quantitative estimate of drug-likeness (QED) is 0.435. The minimum absolute atomic E-state index is 0.0635. The van der Waals surface area contributed by atoms with Gasteiger partial charge in [-0.15, -0.1) is 0 Å². The molecule has 2 aromatic carbocycles. The Labute approximate surface area is 207 Å². The normalized spacial score (nSPS) is 16.7. The lowest BCUT2D eigenvalue weighted by atomic mass is 9.86. The van der Waals surface area contributed by atoms with Gasteiger partial charge in [-0.05, 0) is 90.0 Å². The smallest absolute Gasteiger partial charge is 0.253 e. The maximum absolute atomic E-state index is 12.4. The summed E-state index contributed by atoms with van der Waals surface area (Å²) in [6.07, 6.45) is 6.87.